The number of anilines is 2. The maximum absolute atomic E-state index is 13.2. The Kier molecular flexibility index (Phi) is 5.94. The lowest BCUT2D eigenvalue weighted by molar-refractivity contribution is 0.111. The van der Waals surface area contributed by atoms with E-state index in [0.717, 1.165) is 18.4 Å². The second-order valence-electron chi connectivity index (χ2n) is 8.87. The van der Waals surface area contributed by atoms with Gasteiger partial charge in [-0.05, 0) is 44.2 Å². The van der Waals surface area contributed by atoms with E-state index in [4.69, 9.17) is 9.47 Å². The second kappa shape index (κ2) is 9.21. The number of nitriles is 1. The molecule has 35 heavy (non-hydrogen) atoms. The molecular formula is C24H24N6O5. The summed E-state index contributed by atoms with van der Waals surface area (Å²) in [6.45, 7) is 2.81. The van der Waals surface area contributed by atoms with Crippen LogP contribution in [-0.4, -0.2) is 58.6 Å². The van der Waals surface area contributed by atoms with Crippen LogP contribution in [-0.2, 0) is 17.7 Å². The number of hydrogen-bond donors (Lipinski definition) is 1. The van der Waals surface area contributed by atoms with Crippen molar-refractivity contribution in [2.45, 2.75) is 51.3 Å². The number of cyclic esters (lactones) is 1. The highest BCUT2D eigenvalue weighted by Crippen LogP contribution is 2.31. The van der Waals surface area contributed by atoms with Crippen LogP contribution in [0.15, 0.2) is 18.3 Å². The summed E-state index contributed by atoms with van der Waals surface area (Å²) in [6, 6.07) is 4.88. The van der Waals surface area contributed by atoms with Gasteiger partial charge in [0.2, 0.25) is 0 Å². The highest BCUT2D eigenvalue weighted by atomic mass is 16.6. The van der Waals surface area contributed by atoms with Crippen LogP contribution >= 0.6 is 0 Å². The predicted molar refractivity (Wildman–Crippen MR) is 123 cm³/mol. The number of hydrogen-bond acceptors (Lipinski definition) is 8. The lowest BCUT2D eigenvalue weighted by Gasteiger charge is -2.29. The lowest BCUT2D eigenvalue weighted by atomic mass is 10.0. The van der Waals surface area contributed by atoms with Crippen molar-refractivity contribution < 1.29 is 23.9 Å². The summed E-state index contributed by atoms with van der Waals surface area (Å²) < 4.78 is 10.8. The molecule has 1 unspecified atom stereocenters. The van der Waals surface area contributed by atoms with Gasteiger partial charge >= 0.3 is 12.1 Å². The Morgan fingerprint density at radius 3 is 2.91 bits per heavy atom. The van der Waals surface area contributed by atoms with Crippen LogP contribution in [0.5, 0.6) is 5.75 Å². The average Bonchev–Trinajstić information content (AvgIpc) is 3.63. The number of aldehydes is 1. The number of amides is 3. The molecule has 2 fully saturated rings. The van der Waals surface area contributed by atoms with E-state index in [1.165, 1.54) is 11.1 Å². The zero-order valence-electron chi connectivity index (χ0n) is 19.2. The van der Waals surface area contributed by atoms with Crippen molar-refractivity contribution in [3.8, 4) is 11.8 Å². The zero-order valence-corrected chi connectivity index (χ0v) is 19.2. The number of nitrogens with one attached hydrogen (secondary N) is 1. The molecule has 0 aromatic carbocycles. The standard InChI is InChI=1S/C24H24N6O5/c1-14-13-34-24(33)30(14)11-16-7-15-3-2-6-29(22(15)27-19(16)12-31)23(32)28-21-8-20(35-18-4-5-18)17(9-25)10-26-21/h7-8,10,12,14,18H,2-6,11,13H2,1H3,(H,26,28,32). The molecule has 0 bridgehead atoms. The first-order valence-electron chi connectivity index (χ1n) is 11.5. The highest BCUT2D eigenvalue weighted by molar-refractivity contribution is 6.01. The summed E-state index contributed by atoms with van der Waals surface area (Å²) in [5.41, 5.74) is 1.91. The van der Waals surface area contributed by atoms with Gasteiger partial charge in [0.05, 0.1) is 24.9 Å². The number of aryl methyl sites for hydroxylation is 1. The van der Waals surface area contributed by atoms with Crippen LogP contribution in [0.3, 0.4) is 0 Å². The Morgan fingerprint density at radius 1 is 1.40 bits per heavy atom. The van der Waals surface area contributed by atoms with Gasteiger partial charge in [-0.25, -0.2) is 19.6 Å². The first-order chi connectivity index (χ1) is 17.0. The number of urea groups is 1. The minimum absolute atomic E-state index is 0.0904. The van der Waals surface area contributed by atoms with Crippen LogP contribution < -0.4 is 15.0 Å². The SMILES string of the molecule is CC1COC(=O)N1Cc1cc2c(nc1C=O)N(C(=O)Nc1cc(OC3CC3)c(C#N)cn1)CCC2. The van der Waals surface area contributed by atoms with Crippen LogP contribution in [0.4, 0.5) is 21.2 Å². The van der Waals surface area contributed by atoms with Gasteiger partial charge in [0, 0.05) is 18.2 Å². The average molecular weight is 476 g/mol. The maximum atomic E-state index is 13.2. The van der Waals surface area contributed by atoms with E-state index in [9.17, 15) is 19.6 Å². The Morgan fingerprint density at radius 2 is 2.23 bits per heavy atom. The lowest BCUT2D eigenvalue weighted by Crippen LogP contribution is -2.40. The Balaban J connectivity index is 1.38. The van der Waals surface area contributed by atoms with Crippen molar-refractivity contribution in [1.82, 2.24) is 14.9 Å². The minimum Gasteiger partial charge on any atom is -0.489 e. The van der Waals surface area contributed by atoms with Crippen LogP contribution in [0.1, 0.15) is 53.4 Å². The molecule has 11 heteroatoms. The van der Waals surface area contributed by atoms with E-state index in [0.29, 0.717) is 55.0 Å². The molecule has 4 heterocycles. The number of rotatable bonds is 6. The van der Waals surface area contributed by atoms with E-state index in [1.54, 1.807) is 11.0 Å². The Labute approximate surface area is 201 Å². The monoisotopic (exact) mass is 476 g/mol. The van der Waals surface area contributed by atoms with E-state index in [1.807, 2.05) is 19.1 Å². The van der Waals surface area contributed by atoms with Gasteiger partial charge in [-0.1, -0.05) is 0 Å². The van der Waals surface area contributed by atoms with Crippen LogP contribution in [0.25, 0.3) is 0 Å². The summed E-state index contributed by atoms with van der Waals surface area (Å²) >= 11 is 0. The summed E-state index contributed by atoms with van der Waals surface area (Å²) in [4.78, 5) is 48.7. The fourth-order valence-corrected chi connectivity index (χ4v) is 4.16. The van der Waals surface area contributed by atoms with Gasteiger partial charge in [-0.3, -0.25) is 19.9 Å². The molecular weight excluding hydrogens is 452 g/mol. The molecule has 11 nitrogen and oxygen atoms in total. The number of carbonyl (C=O) groups excluding carboxylic acids is 3. The molecule has 1 saturated carbocycles. The topological polar surface area (TPSA) is 138 Å². The maximum Gasteiger partial charge on any atom is 0.410 e. The quantitative estimate of drug-likeness (QED) is 0.628. The van der Waals surface area contributed by atoms with Crippen molar-refractivity contribution in [2.24, 2.45) is 0 Å². The van der Waals surface area contributed by atoms with E-state index in [-0.39, 0.29) is 30.2 Å². The van der Waals surface area contributed by atoms with Crippen molar-refractivity contribution in [3.63, 3.8) is 0 Å². The number of pyridine rings is 2. The van der Waals surface area contributed by atoms with E-state index in [2.05, 4.69) is 15.3 Å². The van der Waals surface area contributed by atoms with Gasteiger partial charge in [0.1, 0.15) is 41.3 Å². The number of carbonyl (C=O) groups is 3. The summed E-state index contributed by atoms with van der Waals surface area (Å²) in [7, 11) is 0. The number of fused-ring (bicyclic) bond motifs is 1. The van der Waals surface area contributed by atoms with Crippen molar-refractivity contribution in [1.29, 1.82) is 5.26 Å². The Bertz CT molecular complexity index is 1240. The number of aromatic nitrogens is 2. The summed E-state index contributed by atoms with van der Waals surface area (Å²) in [5.74, 6) is 1.05. The fourth-order valence-electron chi connectivity index (χ4n) is 4.16. The molecule has 5 rings (SSSR count). The second-order valence-corrected chi connectivity index (χ2v) is 8.87. The van der Waals surface area contributed by atoms with Gasteiger partial charge in [0.25, 0.3) is 0 Å². The van der Waals surface area contributed by atoms with Crippen LogP contribution in [0.2, 0.25) is 0 Å². The highest BCUT2D eigenvalue weighted by Gasteiger charge is 2.32. The van der Waals surface area contributed by atoms with Gasteiger partial charge in [0.15, 0.2) is 6.29 Å². The normalized spacial score (nSPS) is 19.0. The van der Waals surface area contributed by atoms with Crippen LogP contribution in [0, 0.1) is 11.3 Å². The van der Waals surface area contributed by atoms with Gasteiger partial charge < -0.3 is 9.47 Å². The molecule has 0 radical (unpaired) electrons. The molecule has 1 atom stereocenters. The van der Waals surface area contributed by atoms with E-state index < -0.39 is 12.1 Å². The van der Waals surface area contributed by atoms with Gasteiger partial charge in [-0.2, -0.15) is 5.26 Å². The number of nitrogens with zero attached hydrogens (tertiary/aromatic N) is 5. The molecule has 3 amide bonds. The smallest absolute Gasteiger partial charge is 0.410 e. The third kappa shape index (κ3) is 4.59. The van der Waals surface area contributed by atoms with Crippen molar-refractivity contribution in [3.05, 3.63) is 40.7 Å². The Hall–Kier alpha value is -4.20. The molecule has 0 spiro atoms. The summed E-state index contributed by atoms with van der Waals surface area (Å²) in [6.07, 6.45) is 4.94. The predicted octanol–water partition coefficient (Wildman–Crippen LogP) is 3.03. The first-order valence-corrected chi connectivity index (χ1v) is 11.5. The molecule has 2 aromatic heterocycles. The molecule has 1 aliphatic carbocycles. The van der Waals surface area contributed by atoms with Gasteiger partial charge in [-0.15, -0.1) is 0 Å². The fraction of sp³-hybridized carbons (Fsp3) is 0.417. The largest absolute Gasteiger partial charge is 0.489 e. The minimum atomic E-state index is -0.450. The summed E-state index contributed by atoms with van der Waals surface area (Å²) in [5, 5.41) is 12.0. The molecule has 2 aromatic rings. The zero-order chi connectivity index (χ0) is 24.5. The van der Waals surface area contributed by atoms with Crippen molar-refractivity contribution in [2.75, 3.05) is 23.4 Å². The third-order valence-corrected chi connectivity index (χ3v) is 6.23. The molecule has 1 saturated heterocycles. The first kappa shape index (κ1) is 22.6. The van der Waals surface area contributed by atoms with Crippen molar-refractivity contribution >= 4 is 30.0 Å². The molecule has 3 aliphatic rings. The molecule has 180 valence electrons. The molecule has 2 aliphatic heterocycles. The number of ether oxygens (including phenoxy) is 2. The van der Waals surface area contributed by atoms with E-state index >= 15 is 0 Å². The third-order valence-electron chi connectivity index (χ3n) is 6.23. The molecule has 1 N–H and O–H groups in total.